The third-order valence-corrected chi connectivity index (χ3v) is 2.18. The van der Waals surface area contributed by atoms with E-state index in [-0.39, 0.29) is 0 Å². The lowest BCUT2D eigenvalue weighted by molar-refractivity contribution is 0.0465. The molecule has 0 aromatic rings. The van der Waals surface area contributed by atoms with Gasteiger partial charge in [-0.25, -0.2) is 0 Å². The molecule has 0 saturated carbocycles. The maximum atomic E-state index is 5.45. The molecule has 1 unspecified atom stereocenters. The monoisotopic (exact) mass is 173 g/mol. The number of rotatable bonds is 5. The first kappa shape index (κ1) is 9.96. The summed E-state index contributed by atoms with van der Waals surface area (Å²) in [6, 6.07) is 0. The molecular weight excluding hydrogens is 154 g/mol. The van der Waals surface area contributed by atoms with Crippen molar-refractivity contribution in [3.63, 3.8) is 0 Å². The molecular formula is C9H19NO2. The van der Waals surface area contributed by atoms with Crippen LogP contribution in [0.1, 0.15) is 12.8 Å². The molecule has 0 spiro atoms. The van der Waals surface area contributed by atoms with E-state index in [0.717, 1.165) is 25.7 Å². The average molecular weight is 173 g/mol. The summed E-state index contributed by atoms with van der Waals surface area (Å²) in [6.07, 6.45) is 2.60. The molecule has 0 aromatic carbocycles. The predicted octanol–water partition coefficient (Wildman–Crippen LogP) is 0.649. The molecule has 3 heteroatoms. The van der Waals surface area contributed by atoms with Gasteiger partial charge in [-0.2, -0.15) is 0 Å². The van der Waals surface area contributed by atoms with E-state index in [1.165, 1.54) is 19.4 Å². The zero-order valence-electron chi connectivity index (χ0n) is 7.84. The van der Waals surface area contributed by atoms with Crippen molar-refractivity contribution in [2.75, 3.05) is 40.0 Å². The normalized spacial score (nSPS) is 24.2. The summed E-state index contributed by atoms with van der Waals surface area (Å²) in [5, 5.41) is 3.36. The lowest BCUT2D eigenvalue weighted by Gasteiger charge is -2.22. The fourth-order valence-corrected chi connectivity index (χ4v) is 1.46. The van der Waals surface area contributed by atoms with Gasteiger partial charge >= 0.3 is 0 Å². The van der Waals surface area contributed by atoms with Crippen LogP contribution in [0.25, 0.3) is 0 Å². The summed E-state index contributed by atoms with van der Waals surface area (Å²) >= 11 is 0. The van der Waals surface area contributed by atoms with Gasteiger partial charge < -0.3 is 14.8 Å². The van der Waals surface area contributed by atoms with E-state index >= 15 is 0 Å². The van der Waals surface area contributed by atoms with E-state index in [0.29, 0.717) is 6.61 Å². The summed E-state index contributed by atoms with van der Waals surface area (Å²) in [5.41, 5.74) is 0. The van der Waals surface area contributed by atoms with Crippen LogP contribution in [0.2, 0.25) is 0 Å². The van der Waals surface area contributed by atoms with E-state index in [2.05, 4.69) is 5.32 Å². The summed E-state index contributed by atoms with van der Waals surface area (Å²) in [4.78, 5) is 0. The highest BCUT2D eigenvalue weighted by atomic mass is 16.5. The third kappa shape index (κ3) is 4.04. The van der Waals surface area contributed by atoms with Gasteiger partial charge in [-0.05, 0) is 25.3 Å². The lowest BCUT2D eigenvalue weighted by atomic mass is 10.0. The molecule has 1 aliphatic rings. The van der Waals surface area contributed by atoms with Gasteiger partial charge in [-0.3, -0.25) is 0 Å². The highest BCUT2D eigenvalue weighted by molar-refractivity contribution is 4.67. The van der Waals surface area contributed by atoms with Gasteiger partial charge in [0.25, 0.3) is 0 Å². The minimum atomic E-state index is 0.708. The van der Waals surface area contributed by atoms with Crippen molar-refractivity contribution < 1.29 is 9.47 Å². The van der Waals surface area contributed by atoms with Gasteiger partial charge in [0.15, 0.2) is 0 Å². The molecule has 12 heavy (non-hydrogen) atoms. The largest absolute Gasteiger partial charge is 0.382 e. The van der Waals surface area contributed by atoms with Crippen molar-refractivity contribution in [3.05, 3.63) is 0 Å². The first-order valence-electron chi connectivity index (χ1n) is 4.71. The van der Waals surface area contributed by atoms with Crippen LogP contribution in [0, 0.1) is 5.92 Å². The highest BCUT2D eigenvalue weighted by Crippen LogP contribution is 2.09. The van der Waals surface area contributed by atoms with Gasteiger partial charge in [-0.1, -0.05) is 0 Å². The SMILES string of the molecule is COCCOCC1CCCNC1. The summed E-state index contributed by atoms with van der Waals surface area (Å²) < 4.78 is 10.3. The minimum Gasteiger partial charge on any atom is -0.382 e. The van der Waals surface area contributed by atoms with Crippen LogP contribution in [0.5, 0.6) is 0 Å². The van der Waals surface area contributed by atoms with Crippen LogP contribution < -0.4 is 5.32 Å². The van der Waals surface area contributed by atoms with Crippen molar-refractivity contribution >= 4 is 0 Å². The average Bonchev–Trinajstić information content (AvgIpc) is 2.14. The Morgan fingerprint density at radius 2 is 2.33 bits per heavy atom. The molecule has 0 radical (unpaired) electrons. The second-order valence-corrected chi connectivity index (χ2v) is 3.28. The Kier molecular flexibility index (Phi) is 5.32. The topological polar surface area (TPSA) is 30.5 Å². The smallest absolute Gasteiger partial charge is 0.0700 e. The Labute approximate surface area is 74.4 Å². The van der Waals surface area contributed by atoms with Crippen molar-refractivity contribution in [3.8, 4) is 0 Å². The Hall–Kier alpha value is -0.120. The van der Waals surface area contributed by atoms with E-state index in [4.69, 9.17) is 9.47 Å². The maximum absolute atomic E-state index is 5.45. The van der Waals surface area contributed by atoms with E-state index in [1.54, 1.807) is 7.11 Å². The molecule has 0 aliphatic carbocycles. The number of piperidine rings is 1. The van der Waals surface area contributed by atoms with Gasteiger partial charge in [0.2, 0.25) is 0 Å². The fourth-order valence-electron chi connectivity index (χ4n) is 1.46. The van der Waals surface area contributed by atoms with Crippen LogP contribution in [0.4, 0.5) is 0 Å². The fraction of sp³-hybridized carbons (Fsp3) is 1.00. The molecule has 1 fully saturated rings. The number of hydrogen-bond acceptors (Lipinski definition) is 3. The molecule has 1 heterocycles. The number of hydrogen-bond donors (Lipinski definition) is 1. The minimum absolute atomic E-state index is 0.708. The molecule has 1 saturated heterocycles. The van der Waals surface area contributed by atoms with Crippen LogP contribution >= 0.6 is 0 Å². The number of methoxy groups -OCH3 is 1. The molecule has 1 aliphatic heterocycles. The highest BCUT2D eigenvalue weighted by Gasteiger charge is 2.12. The molecule has 1 atom stereocenters. The van der Waals surface area contributed by atoms with Crippen molar-refractivity contribution in [2.24, 2.45) is 5.92 Å². The van der Waals surface area contributed by atoms with Crippen molar-refractivity contribution in [2.45, 2.75) is 12.8 Å². The molecule has 0 amide bonds. The molecule has 1 rings (SSSR count). The van der Waals surface area contributed by atoms with E-state index in [1.807, 2.05) is 0 Å². The second-order valence-electron chi connectivity index (χ2n) is 3.28. The van der Waals surface area contributed by atoms with Crippen molar-refractivity contribution in [1.82, 2.24) is 5.32 Å². The Balaban J connectivity index is 1.91. The van der Waals surface area contributed by atoms with Gasteiger partial charge in [0, 0.05) is 13.7 Å². The molecule has 0 bridgehead atoms. The Bertz CT molecular complexity index is 103. The quantitative estimate of drug-likeness (QED) is 0.619. The zero-order valence-corrected chi connectivity index (χ0v) is 7.84. The predicted molar refractivity (Wildman–Crippen MR) is 48.3 cm³/mol. The van der Waals surface area contributed by atoms with Gasteiger partial charge in [-0.15, -0.1) is 0 Å². The lowest BCUT2D eigenvalue weighted by Crippen LogP contribution is -2.32. The van der Waals surface area contributed by atoms with Crippen molar-refractivity contribution in [1.29, 1.82) is 0 Å². The van der Waals surface area contributed by atoms with Crippen LogP contribution in [-0.2, 0) is 9.47 Å². The first-order valence-corrected chi connectivity index (χ1v) is 4.71. The summed E-state index contributed by atoms with van der Waals surface area (Å²) in [7, 11) is 1.70. The van der Waals surface area contributed by atoms with E-state index in [9.17, 15) is 0 Å². The zero-order chi connectivity index (χ0) is 8.65. The van der Waals surface area contributed by atoms with Crippen LogP contribution in [-0.4, -0.2) is 40.0 Å². The summed E-state index contributed by atoms with van der Waals surface area (Å²) in [5.74, 6) is 0.718. The third-order valence-electron chi connectivity index (χ3n) is 2.18. The Morgan fingerprint density at radius 1 is 1.42 bits per heavy atom. The standard InChI is InChI=1S/C9H19NO2/c1-11-5-6-12-8-9-3-2-4-10-7-9/h9-10H,2-8H2,1H3. The Morgan fingerprint density at radius 3 is 3.00 bits per heavy atom. The molecule has 3 nitrogen and oxygen atoms in total. The molecule has 72 valence electrons. The van der Waals surface area contributed by atoms with Gasteiger partial charge in [0.1, 0.15) is 0 Å². The number of ether oxygens (including phenoxy) is 2. The number of nitrogens with one attached hydrogen (secondary N) is 1. The van der Waals surface area contributed by atoms with Gasteiger partial charge in [0.05, 0.1) is 19.8 Å². The first-order chi connectivity index (χ1) is 5.93. The second kappa shape index (κ2) is 6.40. The summed E-state index contributed by atoms with van der Waals surface area (Å²) in [6.45, 7) is 4.62. The van der Waals surface area contributed by atoms with Crippen LogP contribution in [0.15, 0.2) is 0 Å². The maximum Gasteiger partial charge on any atom is 0.0700 e. The molecule has 1 N–H and O–H groups in total. The van der Waals surface area contributed by atoms with E-state index < -0.39 is 0 Å². The molecule has 0 aromatic heterocycles. The van der Waals surface area contributed by atoms with Crippen LogP contribution in [0.3, 0.4) is 0 Å².